The summed E-state index contributed by atoms with van der Waals surface area (Å²) in [7, 11) is 0. The van der Waals surface area contributed by atoms with Crippen LogP contribution in [0.1, 0.15) is 271 Å². The van der Waals surface area contributed by atoms with E-state index >= 15 is 0 Å². The van der Waals surface area contributed by atoms with E-state index in [0.717, 1.165) is 25.7 Å². The Morgan fingerprint density at radius 1 is 0.271 bits per heavy atom. The number of esters is 2. The van der Waals surface area contributed by atoms with Crippen molar-refractivity contribution in [2.45, 2.75) is 271 Å². The van der Waals surface area contributed by atoms with Gasteiger partial charge < -0.3 is 4.74 Å². The van der Waals surface area contributed by atoms with E-state index in [1.54, 1.807) is 0 Å². The van der Waals surface area contributed by atoms with Crippen LogP contribution in [0.25, 0.3) is 0 Å². The Kier molecular flexibility index (Phi) is 47.3. The third kappa shape index (κ3) is 44.2. The molecule has 0 saturated heterocycles. The van der Waals surface area contributed by atoms with Crippen LogP contribution in [0.2, 0.25) is 0 Å². The van der Waals surface area contributed by atoms with Crippen LogP contribution < -0.4 is 0 Å². The summed E-state index contributed by atoms with van der Waals surface area (Å²) in [4.78, 5) is 24.0. The van der Waals surface area contributed by atoms with Crippen molar-refractivity contribution in [3.8, 4) is 0 Å². The number of carbonyl (C=O) groups is 2. The van der Waals surface area contributed by atoms with Gasteiger partial charge in [-0.1, -0.05) is 245 Å². The zero-order chi connectivity index (χ0) is 34.1. The van der Waals surface area contributed by atoms with Gasteiger partial charge in [-0.3, -0.25) is 9.59 Å². The van der Waals surface area contributed by atoms with Crippen molar-refractivity contribution in [2.24, 2.45) is 0 Å². The van der Waals surface area contributed by atoms with Gasteiger partial charge in [-0.2, -0.15) is 0 Å². The molecule has 0 aromatic carbocycles. The molecule has 0 amide bonds. The Bertz CT molecular complexity index is 570. The molecule has 48 heavy (non-hydrogen) atoms. The third-order valence-electron chi connectivity index (χ3n) is 10.2. The second-order valence-electron chi connectivity index (χ2n) is 15.1. The Labute approximate surface area is 324 Å². The molecule has 0 aromatic rings. The van der Waals surface area contributed by atoms with E-state index in [1.807, 2.05) is 0 Å². The molecule has 0 bridgehead atoms. The van der Waals surface area contributed by atoms with E-state index in [4.69, 9.17) is 4.74 Å². The summed E-state index contributed by atoms with van der Waals surface area (Å²) in [5.74, 6) is -0.639. The van der Waals surface area contributed by atoms with Crippen molar-refractivity contribution in [1.29, 1.82) is 0 Å². The number of carbonyl (C=O) groups excluding carboxylic acids is 2. The first kappa shape index (κ1) is 50.2. The molecule has 0 unspecified atom stereocenters. The second-order valence-corrected chi connectivity index (χ2v) is 15.1. The van der Waals surface area contributed by atoms with E-state index in [0.29, 0.717) is 12.8 Å². The van der Waals surface area contributed by atoms with Crippen LogP contribution in [0.15, 0.2) is 0 Å². The summed E-state index contributed by atoms with van der Waals surface area (Å²) < 4.78 is 5.05. The fraction of sp³-hybridized carbons (Fsp3) is 0.955. The van der Waals surface area contributed by atoms with Gasteiger partial charge in [0.05, 0.1) is 0 Å². The van der Waals surface area contributed by atoms with Gasteiger partial charge in [-0.05, 0) is 12.8 Å². The van der Waals surface area contributed by atoms with Crippen molar-refractivity contribution in [2.75, 3.05) is 0 Å². The van der Waals surface area contributed by atoms with Gasteiger partial charge in [0.1, 0.15) is 0 Å². The number of hydrogen-bond donors (Lipinski definition) is 0. The van der Waals surface area contributed by atoms with Crippen LogP contribution in [0.3, 0.4) is 0 Å². The molecule has 0 rings (SSSR count). The monoisotopic (exact) mass is 687 g/mol. The van der Waals surface area contributed by atoms with E-state index in [2.05, 4.69) is 13.8 Å². The summed E-state index contributed by atoms with van der Waals surface area (Å²) in [6, 6.07) is 0. The Morgan fingerprint density at radius 3 is 0.583 bits per heavy atom. The first-order chi connectivity index (χ1) is 23.2. The van der Waals surface area contributed by atoms with Crippen LogP contribution in [0, 0.1) is 0 Å². The quantitative estimate of drug-likeness (QED) is 0.0279. The molecule has 0 N–H and O–H groups in total. The topological polar surface area (TPSA) is 43.4 Å². The van der Waals surface area contributed by atoms with Crippen LogP contribution in [0.5, 0.6) is 0 Å². The zero-order valence-electron chi connectivity index (χ0n) is 32.5. The predicted octanol–water partition coefficient (Wildman–Crippen LogP) is 15.1. The Balaban J connectivity index is 0. The zero-order valence-corrected chi connectivity index (χ0v) is 32.5. The van der Waals surface area contributed by atoms with Crippen molar-refractivity contribution in [3.63, 3.8) is 0 Å². The summed E-state index contributed by atoms with van der Waals surface area (Å²) in [6.45, 7) is 4.58. The third-order valence-corrected chi connectivity index (χ3v) is 10.2. The minimum atomic E-state index is -0.320. The van der Waals surface area contributed by atoms with E-state index in [9.17, 15) is 9.59 Å². The molecule has 4 heteroatoms. The molecular formula is C44H87NaO3. The maximum atomic E-state index is 12.0. The molecule has 3 nitrogen and oxygen atoms in total. The number of unbranched alkanes of at least 4 members (excludes halogenated alkanes) is 36. The average Bonchev–Trinajstić information content (AvgIpc) is 3.06. The van der Waals surface area contributed by atoms with E-state index in [-0.39, 0.29) is 41.5 Å². The molecule has 0 aliphatic rings. The molecule has 0 spiro atoms. The fourth-order valence-electron chi connectivity index (χ4n) is 6.92. The summed E-state index contributed by atoms with van der Waals surface area (Å²) in [5.41, 5.74) is 0. The van der Waals surface area contributed by atoms with Crippen molar-refractivity contribution < 1.29 is 14.3 Å². The number of hydrogen-bond acceptors (Lipinski definition) is 3. The van der Waals surface area contributed by atoms with Gasteiger partial charge in [-0.15, -0.1) is 0 Å². The molecule has 0 atom stereocenters. The molecular weight excluding hydrogens is 599 g/mol. The summed E-state index contributed by atoms with van der Waals surface area (Å²) in [6.07, 6.45) is 51.9. The van der Waals surface area contributed by atoms with Crippen LogP contribution in [-0.2, 0) is 14.3 Å². The van der Waals surface area contributed by atoms with Crippen molar-refractivity contribution in [3.05, 3.63) is 0 Å². The van der Waals surface area contributed by atoms with Crippen LogP contribution in [0.4, 0.5) is 0 Å². The Morgan fingerprint density at radius 2 is 0.417 bits per heavy atom. The Hall–Kier alpha value is 0.140. The average molecular weight is 687 g/mol. The van der Waals surface area contributed by atoms with Gasteiger partial charge in [0, 0.05) is 12.8 Å². The molecule has 0 saturated carbocycles. The van der Waals surface area contributed by atoms with Crippen molar-refractivity contribution in [1.82, 2.24) is 0 Å². The number of rotatable bonds is 40. The fourth-order valence-corrected chi connectivity index (χ4v) is 6.92. The summed E-state index contributed by atoms with van der Waals surface area (Å²) >= 11 is 0. The van der Waals surface area contributed by atoms with Crippen LogP contribution >= 0.6 is 0 Å². The second kappa shape index (κ2) is 45.2. The van der Waals surface area contributed by atoms with Gasteiger partial charge in [0.25, 0.3) is 0 Å². The molecule has 0 aliphatic heterocycles. The van der Waals surface area contributed by atoms with Crippen LogP contribution in [-0.4, -0.2) is 41.5 Å². The van der Waals surface area contributed by atoms with Gasteiger partial charge in [0.2, 0.25) is 0 Å². The first-order valence-electron chi connectivity index (χ1n) is 21.9. The van der Waals surface area contributed by atoms with Gasteiger partial charge in [0.15, 0.2) is 0 Å². The van der Waals surface area contributed by atoms with Gasteiger partial charge in [-0.25, -0.2) is 0 Å². The SMILES string of the molecule is CCCCCCCCCCCCCCCCCCCCCC(=O)OC(=O)CCCCCCCCCCCCCCCCCCCCC.[NaH]. The minimum absolute atomic E-state index is 0. The van der Waals surface area contributed by atoms with Crippen molar-refractivity contribution >= 4 is 41.5 Å². The predicted molar refractivity (Wildman–Crippen MR) is 214 cm³/mol. The maximum absolute atomic E-state index is 12.0. The summed E-state index contributed by atoms with van der Waals surface area (Å²) in [5, 5.41) is 0. The van der Waals surface area contributed by atoms with E-state index in [1.165, 1.54) is 218 Å². The molecule has 282 valence electrons. The first-order valence-corrected chi connectivity index (χ1v) is 21.9. The number of ether oxygens (including phenoxy) is 1. The van der Waals surface area contributed by atoms with E-state index < -0.39 is 0 Å². The normalized spacial score (nSPS) is 11.1. The molecule has 0 aliphatic carbocycles. The molecule has 0 heterocycles. The molecule has 0 fully saturated rings. The molecule has 0 aromatic heterocycles. The molecule has 0 radical (unpaired) electrons. The van der Waals surface area contributed by atoms with Gasteiger partial charge >= 0.3 is 41.5 Å². The standard InChI is InChI=1S/C44H86O3.Na.H/c1-3-5-7-9-11-13-15-17-19-21-23-25-27-29-31-33-35-37-39-41-43(45)47-44(46)42-40-38-36-34-32-30-28-26-24-22-20-18-16-14-12-10-8-6-4-2;;/h3-42H2,1-2H3;;.